The van der Waals surface area contributed by atoms with Gasteiger partial charge in [0.2, 0.25) is 12.0 Å². The number of nitrogens with zero attached hydrogens (tertiary/aromatic N) is 8. The van der Waals surface area contributed by atoms with Crippen LogP contribution in [-0.4, -0.2) is 64.4 Å². The number of carbonyl (C=O) groups excluding carboxylic acids is 1. The summed E-state index contributed by atoms with van der Waals surface area (Å²) in [6, 6.07) is 0. The van der Waals surface area contributed by atoms with E-state index >= 15 is 0 Å². The average molecular weight is 449 g/mol. The molecule has 4 heterocycles. The fourth-order valence-corrected chi connectivity index (χ4v) is 2.92. The van der Waals surface area contributed by atoms with Crippen molar-refractivity contribution in [2.24, 2.45) is 0 Å². The number of hydrogen-bond acceptors (Lipinski definition) is 10. The molecular formula is C21H23N9O3. The van der Waals surface area contributed by atoms with E-state index in [1.54, 1.807) is 29.5 Å². The van der Waals surface area contributed by atoms with Crippen LogP contribution in [0.25, 0.3) is 16.9 Å². The van der Waals surface area contributed by atoms with Crippen molar-refractivity contribution < 1.29 is 14.3 Å². The van der Waals surface area contributed by atoms with E-state index in [9.17, 15) is 4.79 Å². The highest BCUT2D eigenvalue weighted by Gasteiger charge is 2.25. The summed E-state index contributed by atoms with van der Waals surface area (Å²) < 4.78 is 13.2. The van der Waals surface area contributed by atoms with Gasteiger partial charge in [-0.25, -0.2) is 19.9 Å². The van der Waals surface area contributed by atoms with Gasteiger partial charge in [0.25, 0.3) is 5.91 Å². The summed E-state index contributed by atoms with van der Waals surface area (Å²) in [6.07, 6.45) is 8.01. The fourth-order valence-electron chi connectivity index (χ4n) is 2.92. The number of hydrogen-bond donors (Lipinski definition) is 1. The molecule has 33 heavy (non-hydrogen) atoms. The SMILES string of the molecule is Cc1cnc(NC(=O)C(COC(C)C)Oc2ncnc3c2cnn3-c2nccnc2C)cn1. The molecule has 12 heteroatoms. The predicted octanol–water partition coefficient (Wildman–Crippen LogP) is 1.82. The Kier molecular flexibility index (Phi) is 6.45. The van der Waals surface area contributed by atoms with Crippen LogP contribution in [-0.2, 0) is 9.53 Å². The zero-order valence-electron chi connectivity index (χ0n) is 18.6. The van der Waals surface area contributed by atoms with Crippen LogP contribution in [0.3, 0.4) is 0 Å². The van der Waals surface area contributed by atoms with Crippen molar-refractivity contribution in [3.05, 3.63) is 48.7 Å². The van der Waals surface area contributed by atoms with Gasteiger partial charge in [0.05, 0.1) is 42.7 Å². The van der Waals surface area contributed by atoms with Crippen LogP contribution in [0, 0.1) is 13.8 Å². The molecule has 1 unspecified atom stereocenters. The summed E-state index contributed by atoms with van der Waals surface area (Å²) in [4.78, 5) is 38.4. The van der Waals surface area contributed by atoms with Crippen LogP contribution in [0.5, 0.6) is 5.88 Å². The minimum Gasteiger partial charge on any atom is -0.461 e. The summed E-state index contributed by atoms with van der Waals surface area (Å²) in [5.41, 5.74) is 1.89. The highest BCUT2D eigenvalue weighted by molar-refractivity contribution is 5.94. The third-order valence-electron chi connectivity index (χ3n) is 4.54. The molecule has 0 spiro atoms. The Bertz CT molecular complexity index is 1260. The van der Waals surface area contributed by atoms with Crippen molar-refractivity contribution in [3.63, 3.8) is 0 Å². The lowest BCUT2D eigenvalue weighted by Crippen LogP contribution is -2.38. The van der Waals surface area contributed by atoms with E-state index in [0.717, 1.165) is 5.69 Å². The zero-order chi connectivity index (χ0) is 23.4. The van der Waals surface area contributed by atoms with E-state index in [1.165, 1.54) is 12.5 Å². The van der Waals surface area contributed by atoms with Gasteiger partial charge in [0.15, 0.2) is 17.3 Å². The first-order valence-electron chi connectivity index (χ1n) is 10.3. The second-order valence-electron chi connectivity index (χ2n) is 7.46. The normalized spacial score (nSPS) is 12.2. The molecule has 4 aromatic heterocycles. The Balaban J connectivity index is 1.62. The predicted molar refractivity (Wildman–Crippen MR) is 118 cm³/mol. The van der Waals surface area contributed by atoms with Crippen molar-refractivity contribution in [3.8, 4) is 11.7 Å². The van der Waals surface area contributed by atoms with E-state index in [0.29, 0.717) is 28.4 Å². The van der Waals surface area contributed by atoms with Crippen LogP contribution < -0.4 is 10.1 Å². The van der Waals surface area contributed by atoms with E-state index in [-0.39, 0.29) is 18.6 Å². The van der Waals surface area contributed by atoms with E-state index in [2.05, 4.69) is 40.3 Å². The number of aryl methyl sites for hydroxylation is 2. The van der Waals surface area contributed by atoms with Crippen LogP contribution >= 0.6 is 0 Å². The molecule has 4 rings (SSSR count). The molecule has 0 bridgehead atoms. The molecule has 4 aromatic rings. The van der Waals surface area contributed by atoms with Crippen LogP contribution in [0.15, 0.2) is 37.3 Å². The molecule has 1 amide bonds. The smallest absolute Gasteiger partial charge is 0.269 e. The van der Waals surface area contributed by atoms with E-state index < -0.39 is 12.0 Å². The number of fused-ring (bicyclic) bond motifs is 1. The molecule has 1 N–H and O–H groups in total. The van der Waals surface area contributed by atoms with Gasteiger partial charge in [-0.05, 0) is 27.7 Å². The average Bonchev–Trinajstić information content (AvgIpc) is 3.23. The van der Waals surface area contributed by atoms with Gasteiger partial charge in [-0.2, -0.15) is 9.78 Å². The van der Waals surface area contributed by atoms with Gasteiger partial charge in [-0.1, -0.05) is 0 Å². The van der Waals surface area contributed by atoms with Crippen molar-refractivity contribution in [1.29, 1.82) is 0 Å². The third-order valence-corrected chi connectivity index (χ3v) is 4.54. The molecule has 0 aliphatic heterocycles. The van der Waals surface area contributed by atoms with E-state index in [1.807, 2.05) is 27.7 Å². The summed E-state index contributed by atoms with van der Waals surface area (Å²) in [6.45, 7) is 7.38. The largest absolute Gasteiger partial charge is 0.461 e. The highest BCUT2D eigenvalue weighted by Crippen LogP contribution is 2.24. The fraction of sp³-hybridized carbons (Fsp3) is 0.333. The first-order chi connectivity index (χ1) is 15.9. The van der Waals surface area contributed by atoms with Crippen molar-refractivity contribution in [2.45, 2.75) is 39.9 Å². The van der Waals surface area contributed by atoms with Crippen molar-refractivity contribution >= 4 is 22.8 Å². The first kappa shape index (κ1) is 22.1. The van der Waals surface area contributed by atoms with Crippen molar-refractivity contribution in [1.82, 2.24) is 39.7 Å². The summed E-state index contributed by atoms with van der Waals surface area (Å²) in [7, 11) is 0. The topological polar surface area (TPSA) is 143 Å². The van der Waals surface area contributed by atoms with Crippen molar-refractivity contribution in [2.75, 3.05) is 11.9 Å². The number of nitrogens with one attached hydrogen (secondary N) is 1. The lowest BCUT2D eigenvalue weighted by Gasteiger charge is -2.19. The van der Waals surface area contributed by atoms with Gasteiger partial charge in [0, 0.05) is 12.4 Å². The highest BCUT2D eigenvalue weighted by atomic mass is 16.5. The first-order valence-corrected chi connectivity index (χ1v) is 10.3. The zero-order valence-corrected chi connectivity index (χ0v) is 18.6. The molecule has 0 saturated carbocycles. The molecule has 0 radical (unpaired) electrons. The maximum absolute atomic E-state index is 13.0. The molecule has 0 aromatic carbocycles. The summed E-state index contributed by atoms with van der Waals surface area (Å²) in [5, 5.41) is 7.58. The van der Waals surface area contributed by atoms with Crippen LogP contribution in [0.2, 0.25) is 0 Å². The lowest BCUT2D eigenvalue weighted by molar-refractivity contribution is -0.126. The number of anilines is 1. The second-order valence-corrected chi connectivity index (χ2v) is 7.46. The standard InChI is InChI=1S/C21H23N9O3/c1-12(2)32-10-16(20(31)29-17-9-24-13(3)7-25-17)33-21-15-8-28-30(19(15)26-11-27-21)18-14(4)22-5-6-23-18/h5-9,11-12,16H,10H2,1-4H3,(H,25,29,31). The minimum absolute atomic E-state index is 0.00565. The lowest BCUT2D eigenvalue weighted by atomic mass is 10.3. The molecule has 170 valence electrons. The number of aromatic nitrogens is 8. The summed E-state index contributed by atoms with van der Waals surface area (Å²) >= 11 is 0. The maximum Gasteiger partial charge on any atom is 0.269 e. The molecular weight excluding hydrogens is 426 g/mol. The third kappa shape index (κ3) is 5.06. The van der Waals surface area contributed by atoms with Gasteiger partial charge in [-0.15, -0.1) is 0 Å². The Morgan fingerprint density at radius 1 is 1.03 bits per heavy atom. The Hall–Kier alpha value is -4.06. The Morgan fingerprint density at radius 2 is 1.85 bits per heavy atom. The maximum atomic E-state index is 13.0. The number of amides is 1. The van der Waals surface area contributed by atoms with Crippen LogP contribution in [0.4, 0.5) is 5.82 Å². The Morgan fingerprint density at radius 3 is 2.58 bits per heavy atom. The van der Waals surface area contributed by atoms with Crippen LogP contribution in [0.1, 0.15) is 25.2 Å². The molecule has 0 saturated heterocycles. The van der Waals surface area contributed by atoms with Gasteiger partial charge in [0.1, 0.15) is 11.7 Å². The molecule has 12 nitrogen and oxygen atoms in total. The molecule has 0 fully saturated rings. The minimum atomic E-state index is -1.00. The van der Waals surface area contributed by atoms with Gasteiger partial charge < -0.3 is 14.8 Å². The summed E-state index contributed by atoms with van der Waals surface area (Å²) in [5.74, 6) is 0.586. The van der Waals surface area contributed by atoms with Gasteiger partial charge in [-0.3, -0.25) is 14.8 Å². The second kappa shape index (κ2) is 9.61. The quantitative estimate of drug-likeness (QED) is 0.423. The Labute approximate surface area is 189 Å². The number of ether oxygens (including phenoxy) is 2. The number of carbonyl (C=O) groups is 1. The molecule has 0 aliphatic carbocycles. The van der Waals surface area contributed by atoms with E-state index in [4.69, 9.17) is 9.47 Å². The molecule has 1 atom stereocenters. The molecule has 0 aliphatic rings. The number of rotatable bonds is 8. The monoisotopic (exact) mass is 449 g/mol. The van der Waals surface area contributed by atoms with Gasteiger partial charge >= 0.3 is 0 Å².